The van der Waals surface area contributed by atoms with Gasteiger partial charge in [-0.25, -0.2) is 9.59 Å². The molecular weight excluding hydrogens is 651 g/mol. The summed E-state index contributed by atoms with van der Waals surface area (Å²) in [6.45, 7) is 4.74. The van der Waals surface area contributed by atoms with Gasteiger partial charge in [0.2, 0.25) is 0 Å². The molecule has 2 unspecified atom stereocenters. The highest BCUT2D eigenvalue weighted by molar-refractivity contribution is 6.32. The van der Waals surface area contributed by atoms with E-state index in [9.17, 15) is 24.6 Å². The van der Waals surface area contributed by atoms with Gasteiger partial charge in [0.1, 0.15) is 0 Å². The van der Waals surface area contributed by atoms with Gasteiger partial charge in [-0.2, -0.15) is 0 Å². The van der Waals surface area contributed by atoms with E-state index in [4.69, 9.17) is 23.2 Å². The van der Waals surface area contributed by atoms with Gasteiger partial charge in [-0.3, -0.25) is 15.4 Å². The van der Waals surface area contributed by atoms with E-state index in [-0.39, 0.29) is 16.9 Å². The molecule has 8 rings (SSSR count). The molecule has 4 heterocycles. The largest absolute Gasteiger partial charge is 0.478 e. The lowest BCUT2D eigenvalue weighted by Gasteiger charge is -2.22. The predicted molar refractivity (Wildman–Crippen MR) is 185 cm³/mol. The average molecular weight is 680 g/mol. The number of Topliss-reactive ketones (excluding diaryl/α,β-unsaturated/α-hetero) is 1. The van der Waals surface area contributed by atoms with Crippen LogP contribution in [-0.2, 0) is 17.9 Å². The molecule has 2 aliphatic rings. The van der Waals surface area contributed by atoms with Crippen molar-refractivity contribution >= 4 is 62.7 Å². The summed E-state index contributed by atoms with van der Waals surface area (Å²) in [4.78, 5) is 44.9. The number of hydrogen-bond acceptors (Lipinski definition) is 5. The van der Waals surface area contributed by atoms with Crippen LogP contribution in [0, 0.1) is 13.8 Å². The molecule has 6 aromatic rings. The van der Waals surface area contributed by atoms with E-state index in [0.717, 1.165) is 66.7 Å². The van der Waals surface area contributed by atoms with Gasteiger partial charge in [-0.1, -0.05) is 47.5 Å². The molecule has 0 spiro atoms. The van der Waals surface area contributed by atoms with Crippen LogP contribution in [0.4, 0.5) is 0 Å². The van der Waals surface area contributed by atoms with Gasteiger partial charge in [0.15, 0.2) is 5.78 Å². The standard InChI is InChI=1S/C37H28Cl2N4O5/c1-15-19-5-3-17(36(45)46)11-27(19)42-31(15)21-7-9-25(38)23-13-40-33(29(21)23)35(44)34-30-22(8-10-26(39)24(30)14-41-34)32-16(2)20-6-4-18(37(47)48)12-28(20)43-32/h3-12,33-34,40-43H,13-14H2,1-2H3,(H,45,46)(H,47,48). The highest BCUT2D eigenvalue weighted by Crippen LogP contribution is 2.46. The number of aryl methyl sites for hydroxylation is 2. The van der Waals surface area contributed by atoms with Crippen molar-refractivity contribution in [3.63, 3.8) is 0 Å². The molecule has 0 saturated heterocycles. The van der Waals surface area contributed by atoms with Gasteiger partial charge in [-0.15, -0.1) is 0 Å². The van der Waals surface area contributed by atoms with Crippen LogP contribution in [0.3, 0.4) is 0 Å². The first kappa shape index (κ1) is 30.4. The number of aromatic amines is 2. The first-order valence-corrected chi connectivity index (χ1v) is 16.1. The molecule has 48 heavy (non-hydrogen) atoms. The van der Waals surface area contributed by atoms with Crippen LogP contribution in [0.2, 0.25) is 10.0 Å². The Morgan fingerprint density at radius 2 is 1.06 bits per heavy atom. The molecule has 0 saturated carbocycles. The maximum atomic E-state index is 14.8. The zero-order chi connectivity index (χ0) is 33.6. The highest BCUT2D eigenvalue weighted by Gasteiger charge is 2.41. The third kappa shape index (κ3) is 4.50. The van der Waals surface area contributed by atoms with E-state index in [1.54, 1.807) is 36.4 Å². The summed E-state index contributed by atoms with van der Waals surface area (Å²) < 4.78 is 0. The third-order valence-electron chi connectivity index (χ3n) is 9.86. The second-order valence-electron chi connectivity index (χ2n) is 12.4. The van der Waals surface area contributed by atoms with Crippen molar-refractivity contribution in [3.05, 3.63) is 115 Å². The van der Waals surface area contributed by atoms with Crippen LogP contribution in [0.5, 0.6) is 0 Å². The Balaban J connectivity index is 1.24. The fourth-order valence-electron chi connectivity index (χ4n) is 7.48. The fourth-order valence-corrected chi connectivity index (χ4v) is 7.94. The van der Waals surface area contributed by atoms with Crippen molar-refractivity contribution < 1.29 is 24.6 Å². The van der Waals surface area contributed by atoms with Crippen LogP contribution >= 0.6 is 23.2 Å². The Morgan fingerprint density at radius 1 is 0.646 bits per heavy atom. The van der Waals surface area contributed by atoms with Crippen LogP contribution in [0.15, 0.2) is 60.7 Å². The van der Waals surface area contributed by atoms with Crippen molar-refractivity contribution in [3.8, 4) is 22.5 Å². The molecule has 11 heteroatoms. The molecule has 2 atom stereocenters. The molecular formula is C37H28Cl2N4O5. The number of carboxylic acids is 2. The maximum absolute atomic E-state index is 14.8. The van der Waals surface area contributed by atoms with Crippen molar-refractivity contribution in [2.75, 3.05) is 0 Å². The van der Waals surface area contributed by atoms with Crippen LogP contribution in [-0.4, -0.2) is 37.9 Å². The van der Waals surface area contributed by atoms with E-state index < -0.39 is 24.0 Å². The second-order valence-corrected chi connectivity index (χ2v) is 13.2. The number of fused-ring (bicyclic) bond motifs is 4. The summed E-state index contributed by atoms with van der Waals surface area (Å²) in [5, 5.41) is 28.8. The number of carbonyl (C=O) groups excluding carboxylic acids is 1. The number of hydrogen-bond donors (Lipinski definition) is 6. The number of halogens is 2. The Kier molecular flexibility index (Phi) is 7.01. The predicted octanol–water partition coefficient (Wildman–Crippen LogP) is 7.86. The molecule has 0 amide bonds. The first-order valence-electron chi connectivity index (χ1n) is 15.4. The number of H-pyrrole nitrogens is 2. The number of aromatic carboxylic acids is 2. The zero-order valence-electron chi connectivity index (χ0n) is 25.7. The van der Waals surface area contributed by atoms with Crippen molar-refractivity contribution in [1.82, 2.24) is 20.6 Å². The highest BCUT2D eigenvalue weighted by atomic mass is 35.5. The molecule has 9 nitrogen and oxygen atoms in total. The molecule has 0 bridgehead atoms. The third-order valence-corrected chi connectivity index (χ3v) is 10.6. The summed E-state index contributed by atoms with van der Waals surface area (Å²) in [5.41, 5.74) is 10.0. The molecule has 0 radical (unpaired) electrons. The quantitative estimate of drug-likeness (QED) is 0.105. The Hall–Kier alpha value is -4.93. The van der Waals surface area contributed by atoms with Crippen molar-refractivity contribution in [2.45, 2.75) is 39.0 Å². The minimum absolute atomic E-state index is 0.0941. The number of carboxylic acid groups (broad SMARTS) is 2. The molecule has 6 N–H and O–H groups in total. The fraction of sp³-hybridized carbons (Fsp3) is 0.162. The van der Waals surface area contributed by atoms with E-state index in [2.05, 4.69) is 20.6 Å². The summed E-state index contributed by atoms with van der Waals surface area (Å²) in [6, 6.07) is 16.0. The minimum Gasteiger partial charge on any atom is -0.478 e. The molecule has 240 valence electrons. The lowest BCUT2D eigenvalue weighted by Crippen LogP contribution is -2.32. The molecule has 0 fully saturated rings. The zero-order valence-corrected chi connectivity index (χ0v) is 27.2. The number of benzene rings is 4. The van der Waals surface area contributed by atoms with E-state index in [1.165, 1.54) is 0 Å². The lowest BCUT2D eigenvalue weighted by atomic mass is 9.87. The number of aromatic nitrogens is 2. The number of carbonyl (C=O) groups is 3. The smallest absolute Gasteiger partial charge is 0.335 e. The van der Waals surface area contributed by atoms with E-state index in [1.807, 2.05) is 38.1 Å². The SMILES string of the molecule is Cc1c(-c2ccc(Cl)c3c2C(C(=O)C2NCc4c(Cl)ccc(-c5[nH]c6cc(C(=O)O)ccc6c5C)c42)NC3)[nH]c2cc(C(=O)O)ccc12. The van der Waals surface area contributed by atoms with Gasteiger partial charge < -0.3 is 20.2 Å². The van der Waals surface area contributed by atoms with Gasteiger partial charge in [-0.05, 0) is 83.6 Å². The average Bonchev–Trinajstić information content (AvgIpc) is 3.85. The molecule has 2 aromatic heterocycles. The number of rotatable bonds is 6. The van der Waals surface area contributed by atoms with Crippen molar-refractivity contribution in [1.29, 1.82) is 0 Å². The lowest BCUT2D eigenvalue weighted by molar-refractivity contribution is -0.123. The topological polar surface area (TPSA) is 147 Å². The summed E-state index contributed by atoms with van der Waals surface area (Å²) in [7, 11) is 0. The monoisotopic (exact) mass is 678 g/mol. The normalized spacial score (nSPS) is 16.8. The van der Waals surface area contributed by atoms with E-state index in [0.29, 0.717) is 34.2 Å². The van der Waals surface area contributed by atoms with Crippen LogP contribution in [0.25, 0.3) is 44.3 Å². The molecule has 0 aliphatic carbocycles. The summed E-state index contributed by atoms with van der Waals surface area (Å²) in [5.74, 6) is -2.11. The number of ketones is 1. The second kappa shape index (κ2) is 11.1. The number of nitrogens with one attached hydrogen (secondary N) is 4. The summed E-state index contributed by atoms with van der Waals surface area (Å²) in [6.07, 6.45) is 0. The Labute approximate surface area is 283 Å². The van der Waals surface area contributed by atoms with Gasteiger partial charge in [0.05, 0.1) is 23.2 Å². The van der Waals surface area contributed by atoms with Gasteiger partial charge in [0, 0.05) is 67.5 Å². The minimum atomic E-state index is -1.01. The van der Waals surface area contributed by atoms with Crippen molar-refractivity contribution in [2.24, 2.45) is 0 Å². The van der Waals surface area contributed by atoms with Crippen LogP contribution < -0.4 is 10.6 Å². The molecule has 2 aliphatic heterocycles. The summed E-state index contributed by atoms with van der Waals surface area (Å²) >= 11 is 13.5. The van der Waals surface area contributed by atoms with Gasteiger partial charge in [0.25, 0.3) is 0 Å². The maximum Gasteiger partial charge on any atom is 0.335 e. The Morgan fingerprint density at radius 3 is 1.46 bits per heavy atom. The van der Waals surface area contributed by atoms with Gasteiger partial charge >= 0.3 is 11.9 Å². The Bertz CT molecular complexity index is 2240. The first-order chi connectivity index (χ1) is 23.0. The molecule has 4 aromatic carbocycles. The van der Waals surface area contributed by atoms with E-state index >= 15 is 0 Å². The van der Waals surface area contributed by atoms with Crippen LogP contribution in [0.1, 0.15) is 66.2 Å².